The molecule has 0 radical (unpaired) electrons. The zero-order valence-electron chi connectivity index (χ0n) is 13.4. The number of anilines is 2. The highest BCUT2D eigenvalue weighted by Gasteiger charge is 2.14. The first-order valence-corrected chi connectivity index (χ1v) is 8.14. The number of hydrogen-bond acceptors (Lipinski definition) is 5. The topological polar surface area (TPSA) is 74.3 Å². The third kappa shape index (κ3) is 4.79. The summed E-state index contributed by atoms with van der Waals surface area (Å²) < 4.78 is 0. The molecule has 1 aromatic carbocycles. The van der Waals surface area contributed by atoms with Crippen molar-refractivity contribution in [1.29, 1.82) is 0 Å². The fourth-order valence-corrected chi connectivity index (χ4v) is 2.71. The fourth-order valence-electron chi connectivity index (χ4n) is 1.97. The summed E-state index contributed by atoms with van der Waals surface area (Å²) in [5.74, 6) is -0.449. The number of aromatic nitrogens is 1. The van der Waals surface area contributed by atoms with Crippen molar-refractivity contribution in [2.24, 2.45) is 0 Å². The van der Waals surface area contributed by atoms with Gasteiger partial charge < -0.3 is 15.5 Å². The molecule has 2 rings (SSSR count). The van der Waals surface area contributed by atoms with Gasteiger partial charge in [0.05, 0.1) is 0 Å². The summed E-state index contributed by atoms with van der Waals surface area (Å²) in [5.41, 5.74) is 1.41. The molecule has 1 aromatic heterocycles. The van der Waals surface area contributed by atoms with Crippen LogP contribution in [0.25, 0.3) is 0 Å². The van der Waals surface area contributed by atoms with Gasteiger partial charge in [-0.3, -0.25) is 9.59 Å². The Kier molecular flexibility index (Phi) is 5.70. The lowest BCUT2D eigenvalue weighted by molar-refractivity contribution is -0.114. The van der Waals surface area contributed by atoms with Crippen molar-refractivity contribution in [2.75, 3.05) is 23.8 Å². The van der Waals surface area contributed by atoms with Gasteiger partial charge in [0, 0.05) is 37.6 Å². The third-order valence-electron chi connectivity index (χ3n) is 3.40. The van der Waals surface area contributed by atoms with Crippen molar-refractivity contribution >= 4 is 34.0 Å². The van der Waals surface area contributed by atoms with Gasteiger partial charge in [-0.1, -0.05) is 18.2 Å². The Morgan fingerprint density at radius 3 is 2.65 bits per heavy atom. The second-order valence-electron chi connectivity index (χ2n) is 5.22. The van der Waals surface area contributed by atoms with E-state index in [2.05, 4.69) is 20.5 Å². The molecule has 23 heavy (non-hydrogen) atoms. The van der Waals surface area contributed by atoms with Gasteiger partial charge in [-0.25, -0.2) is 4.98 Å². The number of hydrogen-bond donors (Lipinski definition) is 2. The molecule has 122 valence electrons. The van der Waals surface area contributed by atoms with Crippen molar-refractivity contribution in [3.05, 3.63) is 41.4 Å². The fraction of sp³-hybridized carbons (Fsp3) is 0.312. The first-order valence-electron chi connectivity index (χ1n) is 7.26. The summed E-state index contributed by atoms with van der Waals surface area (Å²) in [6.45, 7) is 3.94. The monoisotopic (exact) mass is 332 g/mol. The lowest BCUT2D eigenvalue weighted by Gasteiger charge is -2.27. The van der Waals surface area contributed by atoms with Crippen LogP contribution in [-0.4, -0.2) is 36.4 Å². The molecule has 0 aliphatic carbocycles. The summed E-state index contributed by atoms with van der Waals surface area (Å²) in [4.78, 5) is 29.3. The Morgan fingerprint density at radius 1 is 1.30 bits per heavy atom. The number of para-hydroxylation sites is 1. The Balaban J connectivity index is 1.88. The largest absolute Gasteiger partial charge is 0.370 e. The molecule has 7 heteroatoms. The minimum atomic E-state index is -0.244. The first kappa shape index (κ1) is 17.0. The van der Waals surface area contributed by atoms with E-state index in [1.165, 1.54) is 18.3 Å². The maximum atomic E-state index is 12.1. The molecule has 2 N–H and O–H groups in total. The SMILES string of the molecule is CC(=O)Nc1nc(C(=O)NC[C@H](C)N(C)c2ccccc2)cs1. The number of thiazole rings is 1. The summed E-state index contributed by atoms with van der Waals surface area (Å²) in [5, 5.41) is 7.49. The number of benzene rings is 1. The van der Waals surface area contributed by atoms with Gasteiger partial charge in [0.1, 0.15) is 5.69 Å². The van der Waals surface area contributed by atoms with E-state index < -0.39 is 0 Å². The molecule has 0 aliphatic heterocycles. The molecule has 0 bridgehead atoms. The minimum absolute atomic E-state index is 0.134. The van der Waals surface area contributed by atoms with E-state index in [0.29, 0.717) is 17.4 Å². The summed E-state index contributed by atoms with van der Waals surface area (Å²) >= 11 is 1.23. The Hall–Kier alpha value is -2.41. The molecule has 0 unspecified atom stereocenters. The lowest BCUT2D eigenvalue weighted by atomic mass is 10.2. The van der Waals surface area contributed by atoms with Crippen LogP contribution in [-0.2, 0) is 4.79 Å². The van der Waals surface area contributed by atoms with Gasteiger partial charge in [-0.15, -0.1) is 11.3 Å². The molecule has 0 saturated heterocycles. The highest BCUT2D eigenvalue weighted by Crippen LogP contribution is 2.16. The quantitative estimate of drug-likeness (QED) is 0.851. The molecular weight excluding hydrogens is 312 g/mol. The predicted molar refractivity (Wildman–Crippen MR) is 93.1 cm³/mol. The zero-order chi connectivity index (χ0) is 16.8. The molecule has 1 heterocycles. The van der Waals surface area contributed by atoms with Gasteiger partial charge in [-0.05, 0) is 19.1 Å². The number of rotatable bonds is 6. The predicted octanol–water partition coefficient (Wildman–Crippen LogP) is 2.36. The average molecular weight is 332 g/mol. The van der Waals surface area contributed by atoms with E-state index >= 15 is 0 Å². The number of likely N-dealkylation sites (N-methyl/N-ethyl adjacent to an activating group) is 1. The van der Waals surface area contributed by atoms with E-state index in [9.17, 15) is 9.59 Å². The van der Waals surface area contributed by atoms with Crippen molar-refractivity contribution < 1.29 is 9.59 Å². The molecule has 0 aliphatic rings. The molecular formula is C16H20N4O2S. The van der Waals surface area contributed by atoms with Crippen molar-refractivity contribution in [2.45, 2.75) is 19.9 Å². The molecule has 2 amide bonds. The maximum absolute atomic E-state index is 12.1. The second-order valence-corrected chi connectivity index (χ2v) is 6.08. The van der Waals surface area contributed by atoms with Crippen LogP contribution in [0.5, 0.6) is 0 Å². The Labute approximate surface area is 139 Å². The lowest BCUT2D eigenvalue weighted by Crippen LogP contribution is -2.40. The summed E-state index contributed by atoms with van der Waals surface area (Å²) in [7, 11) is 1.99. The van der Waals surface area contributed by atoms with E-state index in [-0.39, 0.29) is 17.9 Å². The Bertz CT molecular complexity index is 672. The van der Waals surface area contributed by atoms with Gasteiger partial charge in [0.2, 0.25) is 5.91 Å². The van der Waals surface area contributed by atoms with Crippen LogP contribution in [0.4, 0.5) is 10.8 Å². The molecule has 1 atom stereocenters. The molecule has 0 fully saturated rings. The first-order chi connectivity index (χ1) is 11.0. The second kappa shape index (κ2) is 7.73. The summed E-state index contributed by atoms with van der Waals surface area (Å²) in [6.07, 6.45) is 0. The molecule has 0 spiro atoms. The van der Waals surface area contributed by atoms with Gasteiger partial charge >= 0.3 is 0 Å². The van der Waals surface area contributed by atoms with E-state index in [0.717, 1.165) is 5.69 Å². The zero-order valence-corrected chi connectivity index (χ0v) is 14.2. The number of amides is 2. The number of carbonyl (C=O) groups excluding carboxylic acids is 2. The van der Waals surface area contributed by atoms with Crippen molar-refractivity contribution in [3.63, 3.8) is 0 Å². The van der Waals surface area contributed by atoms with Crippen LogP contribution < -0.4 is 15.5 Å². The van der Waals surface area contributed by atoms with Crippen molar-refractivity contribution in [1.82, 2.24) is 10.3 Å². The smallest absolute Gasteiger partial charge is 0.270 e. The molecule has 0 saturated carbocycles. The van der Waals surface area contributed by atoms with Crippen LogP contribution in [0.15, 0.2) is 35.7 Å². The number of nitrogens with one attached hydrogen (secondary N) is 2. The van der Waals surface area contributed by atoms with E-state index in [4.69, 9.17) is 0 Å². The van der Waals surface area contributed by atoms with Crippen LogP contribution >= 0.6 is 11.3 Å². The van der Waals surface area contributed by atoms with Gasteiger partial charge in [-0.2, -0.15) is 0 Å². The van der Waals surface area contributed by atoms with E-state index in [1.807, 2.05) is 44.3 Å². The standard InChI is InChI=1S/C16H20N4O2S/c1-11(20(3)13-7-5-4-6-8-13)9-17-15(22)14-10-23-16(19-14)18-12(2)21/h4-8,10-11H,9H2,1-3H3,(H,17,22)(H,18,19,21)/t11-/m0/s1. The third-order valence-corrected chi connectivity index (χ3v) is 4.16. The molecule has 2 aromatic rings. The highest BCUT2D eigenvalue weighted by molar-refractivity contribution is 7.14. The molecule has 6 nitrogen and oxygen atoms in total. The van der Waals surface area contributed by atoms with Crippen LogP contribution in [0, 0.1) is 0 Å². The minimum Gasteiger partial charge on any atom is -0.370 e. The van der Waals surface area contributed by atoms with Crippen LogP contribution in [0.2, 0.25) is 0 Å². The highest BCUT2D eigenvalue weighted by atomic mass is 32.1. The van der Waals surface area contributed by atoms with E-state index in [1.54, 1.807) is 5.38 Å². The number of nitrogens with zero attached hydrogens (tertiary/aromatic N) is 2. The summed E-state index contributed by atoms with van der Waals surface area (Å²) in [6, 6.07) is 10.1. The van der Waals surface area contributed by atoms with Crippen molar-refractivity contribution in [3.8, 4) is 0 Å². The normalized spacial score (nSPS) is 11.6. The maximum Gasteiger partial charge on any atom is 0.270 e. The Morgan fingerprint density at radius 2 is 2.00 bits per heavy atom. The van der Waals surface area contributed by atoms with Gasteiger partial charge in [0.25, 0.3) is 5.91 Å². The van der Waals surface area contributed by atoms with Crippen LogP contribution in [0.1, 0.15) is 24.3 Å². The average Bonchev–Trinajstić information content (AvgIpc) is 3.00. The number of carbonyl (C=O) groups is 2. The van der Waals surface area contributed by atoms with Crippen LogP contribution in [0.3, 0.4) is 0 Å². The van der Waals surface area contributed by atoms with Gasteiger partial charge in [0.15, 0.2) is 5.13 Å².